The van der Waals surface area contributed by atoms with Gasteiger partial charge in [-0.25, -0.2) is 4.68 Å². The third-order valence-corrected chi connectivity index (χ3v) is 2.51. The molecule has 0 spiro atoms. The Balaban J connectivity index is 2.26. The van der Waals surface area contributed by atoms with Gasteiger partial charge in [0.05, 0.1) is 25.0 Å². The molecule has 0 atom stereocenters. The van der Waals surface area contributed by atoms with E-state index in [9.17, 15) is 0 Å². The molecule has 0 aliphatic rings. The van der Waals surface area contributed by atoms with Crippen LogP contribution in [0.15, 0.2) is 30.5 Å². The van der Waals surface area contributed by atoms with Crippen LogP contribution in [-0.4, -0.2) is 20.1 Å². The maximum absolute atomic E-state index is 9.02. The van der Waals surface area contributed by atoms with Crippen LogP contribution < -0.4 is 0 Å². The first-order chi connectivity index (χ1) is 7.31. The lowest BCUT2D eigenvalue weighted by Gasteiger charge is -2.05. The fourth-order valence-corrected chi connectivity index (χ4v) is 1.52. The Hall–Kier alpha value is -1.39. The lowest BCUT2D eigenvalue weighted by molar-refractivity contribution is 0.269. The molecule has 0 aliphatic heterocycles. The molecule has 0 aliphatic carbocycles. The first kappa shape index (κ1) is 10.1. The van der Waals surface area contributed by atoms with E-state index in [0.29, 0.717) is 17.3 Å². The van der Waals surface area contributed by atoms with Gasteiger partial charge >= 0.3 is 0 Å². The molecule has 1 aromatic carbocycles. The van der Waals surface area contributed by atoms with Crippen molar-refractivity contribution in [1.29, 1.82) is 0 Å². The summed E-state index contributed by atoms with van der Waals surface area (Å²) in [6.45, 7) is 0.451. The second-order valence-electron chi connectivity index (χ2n) is 3.13. The van der Waals surface area contributed by atoms with Gasteiger partial charge in [0.15, 0.2) is 0 Å². The second-order valence-corrected chi connectivity index (χ2v) is 3.54. The minimum Gasteiger partial charge on any atom is -0.390 e. The highest BCUT2D eigenvalue weighted by Crippen LogP contribution is 2.16. The minimum absolute atomic E-state index is 0.0720. The smallest absolute Gasteiger partial charge is 0.0866 e. The van der Waals surface area contributed by atoms with Crippen LogP contribution in [0.2, 0.25) is 5.02 Å². The van der Waals surface area contributed by atoms with Crippen molar-refractivity contribution in [2.24, 2.45) is 0 Å². The lowest BCUT2D eigenvalue weighted by Crippen LogP contribution is -2.06. The van der Waals surface area contributed by atoms with E-state index in [4.69, 9.17) is 16.7 Å². The number of nitrogens with zero attached hydrogens (tertiary/aromatic N) is 3. The van der Waals surface area contributed by atoms with E-state index >= 15 is 0 Å². The van der Waals surface area contributed by atoms with Crippen molar-refractivity contribution in [3.63, 3.8) is 0 Å². The predicted octanol–water partition coefficient (Wildman–Crippen LogP) is 1.47. The quantitative estimate of drug-likeness (QED) is 0.858. The third kappa shape index (κ3) is 2.16. The monoisotopic (exact) mass is 223 g/mol. The summed E-state index contributed by atoms with van der Waals surface area (Å²) < 4.78 is 1.63. The van der Waals surface area contributed by atoms with Crippen molar-refractivity contribution >= 4 is 11.6 Å². The van der Waals surface area contributed by atoms with Gasteiger partial charge in [0.25, 0.3) is 0 Å². The minimum atomic E-state index is -0.0720. The van der Waals surface area contributed by atoms with E-state index in [1.165, 1.54) is 6.20 Å². The van der Waals surface area contributed by atoms with Gasteiger partial charge in [-0.05, 0) is 11.6 Å². The molecule has 0 unspecified atom stereocenters. The molecule has 0 fully saturated rings. The maximum atomic E-state index is 9.02. The van der Waals surface area contributed by atoms with Crippen molar-refractivity contribution in [2.75, 3.05) is 0 Å². The summed E-state index contributed by atoms with van der Waals surface area (Å²) in [6.07, 6.45) is 1.54. The van der Waals surface area contributed by atoms with Crippen molar-refractivity contribution < 1.29 is 5.11 Å². The highest BCUT2D eigenvalue weighted by atomic mass is 35.5. The fraction of sp³-hybridized carbons (Fsp3) is 0.200. The molecule has 4 nitrogen and oxygen atoms in total. The molecule has 1 heterocycles. The zero-order chi connectivity index (χ0) is 10.7. The molecule has 1 N–H and O–H groups in total. The molecular weight excluding hydrogens is 214 g/mol. The average molecular weight is 224 g/mol. The predicted molar refractivity (Wildman–Crippen MR) is 56.5 cm³/mol. The van der Waals surface area contributed by atoms with E-state index in [1.807, 2.05) is 24.3 Å². The Morgan fingerprint density at radius 1 is 1.33 bits per heavy atom. The Bertz CT molecular complexity index is 455. The molecule has 5 heteroatoms. The van der Waals surface area contributed by atoms with Crippen LogP contribution >= 0.6 is 11.6 Å². The highest BCUT2D eigenvalue weighted by Gasteiger charge is 2.05. The van der Waals surface area contributed by atoms with Crippen LogP contribution in [-0.2, 0) is 13.2 Å². The molecule has 15 heavy (non-hydrogen) atoms. The average Bonchev–Trinajstić information content (AvgIpc) is 2.69. The van der Waals surface area contributed by atoms with Gasteiger partial charge in [-0.1, -0.05) is 35.0 Å². The lowest BCUT2D eigenvalue weighted by atomic mass is 10.2. The van der Waals surface area contributed by atoms with Gasteiger partial charge in [0.1, 0.15) is 0 Å². The summed E-state index contributed by atoms with van der Waals surface area (Å²) in [5, 5.41) is 17.3. The largest absolute Gasteiger partial charge is 0.390 e. The Morgan fingerprint density at radius 2 is 2.13 bits per heavy atom. The SMILES string of the molecule is OCc1cnnn1Cc1ccccc1Cl. The maximum Gasteiger partial charge on any atom is 0.0866 e. The molecule has 0 bridgehead atoms. The number of aromatic nitrogens is 3. The zero-order valence-corrected chi connectivity index (χ0v) is 8.72. The van der Waals surface area contributed by atoms with Crippen molar-refractivity contribution in [1.82, 2.24) is 15.0 Å². The van der Waals surface area contributed by atoms with Crippen LogP contribution in [0.3, 0.4) is 0 Å². The van der Waals surface area contributed by atoms with Gasteiger partial charge in [-0.15, -0.1) is 5.10 Å². The summed E-state index contributed by atoms with van der Waals surface area (Å²) >= 11 is 6.01. The van der Waals surface area contributed by atoms with Crippen LogP contribution in [0.25, 0.3) is 0 Å². The summed E-state index contributed by atoms with van der Waals surface area (Å²) in [5.74, 6) is 0. The van der Waals surface area contributed by atoms with Gasteiger partial charge in [-0.3, -0.25) is 0 Å². The number of rotatable bonds is 3. The van der Waals surface area contributed by atoms with Crippen LogP contribution in [0, 0.1) is 0 Å². The Kier molecular flexibility index (Phi) is 2.99. The highest BCUT2D eigenvalue weighted by molar-refractivity contribution is 6.31. The molecule has 0 saturated carbocycles. The van der Waals surface area contributed by atoms with Gasteiger partial charge in [0.2, 0.25) is 0 Å². The number of hydrogen-bond acceptors (Lipinski definition) is 3. The van der Waals surface area contributed by atoms with E-state index < -0.39 is 0 Å². The number of aliphatic hydroxyl groups excluding tert-OH is 1. The van der Waals surface area contributed by atoms with Gasteiger partial charge in [-0.2, -0.15) is 0 Å². The normalized spacial score (nSPS) is 10.5. The molecule has 2 aromatic rings. The number of halogens is 1. The molecular formula is C10H10ClN3O. The van der Waals surface area contributed by atoms with Crippen molar-refractivity contribution in [2.45, 2.75) is 13.2 Å². The summed E-state index contributed by atoms with van der Waals surface area (Å²) in [6, 6.07) is 7.54. The van der Waals surface area contributed by atoms with E-state index in [1.54, 1.807) is 4.68 Å². The number of hydrogen-bond donors (Lipinski definition) is 1. The molecule has 0 radical (unpaired) electrons. The van der Waals surface area contributed by atoms with Crippen LogP contribution in [0.5, 0.6) is 0 Å². The van der Waals surface area contributed by atoms with Crippen LogP contribution in [0.1, 0.15) is 11.3 Å². The van der Waals surface area contributed by atoms with Crippen molar-refractivity contribution in [3.05, 3.63) is 46.7 Å². The third-order valence-electron chi connectivity index (χ3n) is 2.14. The molecule has 2 rings (SSSR count). The molecule has 78 valence electrons. The number of aliphatic hydroxyl groups is 1. The van der Waals surface area contributed by atoms with Crippen molar-refractivity contribution in [3.8, 4) is 0 Å². The van der Waals surface area contributed by atoms with E-state index in [-0.39, 0.29) is 6.61 Å². The summed E-state index contributed by atoms with van der Waals surface area (Å²) in [4.78, 5) is 0. The van der Waals surface area contributed by atoms with Gasteiger partial charge in [0, 0.05) is 5.02 Å². The Labute approximate surface area is 92.1 Å². The van der Waals surface area contributed by atoms with Gasteiger partial charge < -0.3 is 5.11 Å². The molecule has 0 saturated heterocycles. The molecule has 0 amide bonds. The first-order valence-electron chi connectivity index (χ1n) is 4.53. The topological polar surface area (TPSA) is 50.9 Å². The fourth-order valence-electron chi connectivity index (χ4n) is 1.32. The van der Waals surface area contributed by atoms with E-state index in [0.717, 1.165) is 5.56 Å². The standard InChI is InChI=1S/C10H10ClN3O/c11-10-4-2-1-3-8(10)6-14-9(7-15)5-12-13-14/h1-5,15H,6-7H2. The van der Waals surface area contributed by atoms with Crippen LogP contribution in [0.4, 0.5) is 0 Å². The first-order valence-corrected chi connectivity index (χ1v) is 4.90. The van der Waals surface area contributed by atoms with E-state index in [2.05, 4.69) is 10.3 Å². The Morgan fingerprint density at radius 3 is 2.87 bits per heavy atom. The number of benzene rings is 1. The summed E-state index contributed by atoms with van der Waals surface area (Å²) in [7, 11) is 0. The summed E-state index contributed by atoms with van der Waals surface area (Å²) in [5.41, 5.74) is 1.63. The molecule has 1 aromatic heterocycles. The second kappa shape index (κ2) is 4.42. The zero-order valence-electron chi connectivity index (χ0n) is 7.97.